The zero-order valence-electron chi connectivity index (χ0n) is 13.1. The Morgan fingerprint density at radius 3 is 2.24 bits per heavy atom. The van der Waals surface area contributed by atoms with Crippen LogP contribution in [0.15, 0.2) is 24.3 Å². The van der Waals surface area contributed by atoms with Gasteiger partial charge >= 0.3 is 5.97 Å². The van der Waals surface area contributed by atoms with Crippen molar-refractivity contribution in [1.29, 1.82) is 0 Å². The summed E-state index contributed by atoms with van der Waals surface area (Å²) in [6, 6.07) is 8.05. The van der Waals surface area contributed by atoms with Gasteiger partial charge < -0.3 is 10.4 Å². The van der Waals surface area contributed by atoms with Crippen LogP contribution in [-0.4, -0.2) is 22.5 Å². The maximum absolute atomic E-state index is 12.0. The van der Waals surface area contributed by atoms with Crippen molar-refractivity contribution in [2.24, 2.45) is 0 Å². The molecule has 0 fully saturated rings. The fourth-order valence-electron chi connectivity index (χ4n) is 2.23. The fourth-order valence-corrected chi connectivity index (χ4v) is 2.23. The molecule has 21 heavy (non-hydrogen) atoms. The van der Waals surface area contributed by atoms with Gasteiger partial charge in [-0.05, 0) is 37.8 Å². The number of aryl methyl sites for hydroxylation is 1. The van der Waals surface area contributed by atoms with Crippen molar-refractivity contribution in [3.05, 3.63) is 35.4 Å². The van der Waals surface area contributed by atoms with E-state index < -0.39 is 11.5 Å². The molecule has 2 N–H and O–H groups in total. The van der Waals surface area contributed by atoms with Crippen LogP contribution in [0, 0.1) is 0 Å². The Morgan fingerprint density at radius 1 is 1.14 bits per heavy atom. The van der Waals surface area contributed by atoms with Crippen molar-refractivity contribution in [2.45, 2.75) is 58.4 Å². The molecule has 0 heterocycles. The van der Waals surface area contributed by atoms with Crippen molar-refractivity contribution >= 4 is 11.9 Å². The summed E-state index contributed by atoms with van der Waals surface area (Å²) in [5, 5.41) is 11.6. The van der Waals surface area contributed by atoms with Gasteiger partial charge in [0.1, 0.15) is 0 Å². The molecule has 0 bridgehead atoms. The summed E-state index contributed by atoms with van der Waals surface area (Å²) < 4.78 is 0. The van der Waals surface area contributed by atoms with E-state index in [0.29, 0.717) is 0 Å². The van der Waals surface area contributed by atoms with Gasteiger partial charge in [-0.1, -0.05) is 37.6 Å². The van der Waals surface area contributed by atoms with Gasteiger partial charge in [0.15, 0.2) is 0 Å². The van der Waals surface area contributed by atoms with Crippen molar-refractivity contribution in [3.8, 4) is 0 Å². The fraction of sp³-hybridized carbons (Fsp3) is 0.529. The van der Waals surface area contributed by atoms with Crippen molar-refractivity contribution in [2.75, 3.05) is 0 Å². The highest BCUT2D eigenvalue weighted by atomic mass is 16.4. The summed E-state index contributed by atoms with van der Waals surface area (Å²) >= 11 is 0. The van der Waals surface area contributed by atoms with Gasteiger partial charge in [0.2, 0.25) is 5.91 Å². The second-order valence-electron chi connectivity index (χ2n) is 6.10. The zero-order valence-corrected chi connectivity index (χ0v) is 13.1. The van der Waals surface area contributed by atoms with E-state index in [2.05, 4.69) is 24.4 Å². The summed E-state index contributed by atoms with van der Waals surface area (Å²) in [7, 11) is 0. The van der Waals surface area contributed by atoms with Crippen LogP contribution in [0.4, 0.5) is 0 Å². The van der Waals surface area contributed by atoms with Gasteiger partial charge in [0, 0.05) is 5.54 Å². The Balaban J connectivity index is 2.52. The van der Waals surface area contributed by atoms with Gasteiger partial charge in [0.25, 0.3) is 0 Å². The van der Waals surface area contributed by atoms with E-state index in [-0.39, 0.29) is 18.7 Å². The molecule has 0 radical (unpaired) electrons. The van der Waals surface area contributed by atoms with E-state index in [1.807, 2.05) is 12.1 Å². The van der Waals surface area contributed by atoms with E-state index in [1.165, 1.54) is 18.4 Å². The number of hydrogen-bond acceptors (Lipinski definition) is 2. The van der Waals surface area contributed by atoms with Crippen LogP contribution < -0.4 is 5.32 Å². The average molecular weight is 291 g/mol. The molecule has 0 atom stereocenters. The van der Waals surface area contributed by atoms with Gasteiger partial charge in [0.05, 0.1) is 12.8 Å². The highest BCUT2D eigenvalue weighted by Crippen LogP contribution is 2.11. The van der Waals surface area contributed by atoms with E-state index >= 15 is 0 Å². The molecular formula is C17H25NO3. The number of carboxylic acids is 1. The summed E-state index contributed by atoms with van der Waals surface area (Å²) in [4.78, 5) is 22.7. The molecule has 0 aromatic heterocycles. The molecule has 1 aromatic carbocycles. The minimum absolute atomic E-state index is 0.0886. The standard InChI is InChI=1S/C17H25NO3/c1-4-5-6-13-7-9-14(10-8-13)11-15(19)18-17(2,3)12-16(20)21/h7-10H,4-6,11-12H2,1-3H3,(H,18,19)(H,20,21). The monoisotopic (exact) mass is 291 g/mol. The number of carbonyl (C=O) groups is 2. The third-order valence-electron chi connectivity index (χ3n) is 3.28. The molecule has 0 aliphatic heterocycles. The van der Waals surface area contributed by atoms with Crippen LogP contribution in [0.3, 0.4) is 0 Å². The number of carboxylic acid groups (broad SMARTS) is 1. The molecule has 0 unspecified atom stereocenters. The molecule has 0 aliphatic rings. The number of carbonyl (C=O) groups excluding carboxylic acids is 1. The van der Waals surface area contributed by atoms with Gasteiger partial charge in [-0.3, -0.25) is 9.59 Å². The molecule has 0 saturated carbocycles. The lowest BCUT2D eigenvalue weighted by molar-refractivity contribution is -0.138. The van der Waals surface area contributed by atoms with Gasteiger partial charge in [-0.2, -0.15) is 0 Å². The van der Waals surface area contributed by atoms with Gasteiger partial charge in [-0.15, -0.1) is 0 Å². The Bertz CT molecular complexity index is 477. The third kappa shape index (κ3) is 6.93. The molecule has 0 spiro atoms. The predicted octanol–water partition coefficient (Wildman–Crippen LogP) is 2.94. The lowest BCUT2D eigenvalue weighted by atomic mass is 9.99. The molecular weight excluding hydrogens is 266 g/mol. The first-order chi connectivity index (χ1) is 9.82. The first-order valence-electron chi connectivity index (χ1n) is 7.43. The number of hydrogen-bond donors (Lipinski definition) is 2. The smallest absolute Gasteiger partial charge is 0.305 e. The first kappa shape index (κ1) is 17.2. The van der Waals surface area contributed by atoms with E-state index in [4.69, 9.17) is 5.11 Å². The Kier molecular flexibility index (Phi) is 6.40. The molecule has 1 rings (SSSR count). The number of aliphatic carboxylic acids is 1. The van der Waals surface area contributed by atoms with E-state index in [1.54, 1.807) is 13.8 Å². The summed E-state index contributed by atoms with van der Waals surface area (Å²) in [5.41, 5.74) is 1.50. The third-order valence-corrected chi connectivity index (χ3v) is 3.28. The van der Waals surface area contributed by atoms with Crippen LogP contribution in [0.1, 0.15) is 51.2 Å². The lowest BCUT2D eigenvalue weighted by Gasteiger charge is -2.24. The molecule has 0 saturated heterocycles. The largest absolute Gasteiger partial charge is 0.481 e. The average Bonchev–Trinajstić information content (AvgIpc) is 2.35. The topological polar surface area (TPSA) is 66.4 Å². The highest BCUT2D eigenvalue weighted by Gasteiger charge is 2.23. The summed E-state index contributed by atoms with van der Waals surface area (Å²) in [6.07, 6.45) is 3.59. The van der Waals surface area contributed by atoms with E-state index in [9.17, 15) is 9.59 Å². The normalized spacial score (nSPS) is 11.2. The predicted molar refractivity (Wildman–Crippen MR) is 83.2 cm³/mol. The zero-order chi connectivity index (χ0) is 15.9. The summed E-state index contributed by atoms with van der Waals surface area (Å²) in [6.45, 7) is 5.59. The molecule has 4 nitrogen and oxygen atoms in total. The minimum atomic E-state index is -0.916. The number of benzene rings is 1. The molecule has 116 valence electrons. The molecule has 4 heteroatoms. The molecule has 1 aromatic rings. The second-order valence-corrected chi connectivity index (χ2v) is 6.10. The molecule has 0 aliphatic carbocycles. The Hall–Kier alpha value is -1.84. The maximum Gasteiger partial charge on any atom is 0.305 e. The van der Waals surface area contributed by atoms with Crippen LogP contribution in [-0.2, 0) is 22.4 Å². The number of nitrogens with one attached hydrogen (secondary N) is 1. The molecule has 1 amide bonds. The van der Waals surface area contributed by atoms with Crippen LogP contribution in [0.25, 0.3) is 0 Å². The van der Waals surface area contributed by atoms with Crippen molar-refractivity contribution in [1.82, 2.24) is 5.32 Å². The minimum Gasteiger partial charge on any atom is -0.481 e. The number of unbranched alkanes of at least 4 members (excludes halogenated alkanes) is 1. The number of rotatable bonds is 8. The quantitative estimate of drug-likeness (QED) is 0.774. The Labute approximate surface area is 126 Å². The van der Waals surface area contributed by atoms with E-state index in [0.717, 1.165) is 12.0 Å². The van der Waals surface area contributed by atoms with Crippen molar-refractivity contribution < 1.29 is 14.7 Å². The Morgan fingerprint density at radius 2 is 1.71 bits per heavy atom. The first-order valence-corrected chi connectivity index (χ1v) is 7.43. The highest BCUT2D eigenvalue weighted by molar-refractivity contribution is 5.80. The van der Waals surface area contributed by atoms with Crippen LogP contribution in [0.5, 0.6) is 0 Å². The van der Waals surface area contributed by atoms with Crippen LogP contribution >= 0.6 is 0 Å². The SMILES string of the molecule is CCCCc1ccc(CC(=O)NC(C)(C)CC(=O)O)cc1. The van der Waals surface area contributed by atoms with Crippen molar-refractivity contribution in [3.63, 3.8) is 0 Å². The second kappa shape index (κ2) is 7.81. The van der Waals surface area contributed by atoms with Gasteiger partial charge in [-0.25, -0.2) is 0 Å². The maximum atomic E-state index is 12.0. The lowest BCUT2D eigenvalue weighted by Crippen LogP contribution is -2.45. The van der Waals surface area contributed by atoms with Crippen LogP contribution in [0.2, 0.25) is 0 Å². The number of amides is 1. The summed E-state index contributed by atoms with van der Waals surface area (Å²) in [5.74, 6) is -1.07.